The van der Waals surface area contributed by atoms with Crippen LogP contribution in [0.5, 0.6) is 17.2 Å². The minimum absolute atomic E-state index is 0.102. The van der Waals surface area contributed by atoms with Gasteiger partial charge >= 0.3 is 0 Å². The summed E-state index contributed by atoms with van der Waals surface area (Å²) in [5.41, 5.74) is 0.509. The van der Waals surface area contributed by atoms with Crippen molar-refractivity contribution in [3.05, 3.63) is 78.1 Å². The molecule has 0 saturated carbocycles. The van der Waals surface area contributed by atoms with E-state index in [0.717, 1.165) is 15.9 Å². The summed E-state index contributed by atoms with van der Waals surface area (Å²) in [6.45, 7) is -0.352. The smallest absolute Gasteiger partial charge is 0.264 e. The second-order valence-electron chi connectivity index (χ2n) is 7.10. The number of methoxy groups -OCH3 is 1. The number of ether oxygens (including phenoxy) is 3. The third kappa shape index (κ3) is 4.85. The first-order valence-electron chi connectivity index (χ1n) is 9.95. The summed E-state index contributed by atoms with van der Waals surface area (Å²) < 4.78 is 57.6. The lowest BCUT2D eigenvalue weighted by atomic mass is 10.2. The molecule has 4 rings (SSSR count). The van der Waals surface area contributed by atoms with E-state index in [2.05, 4.69) is 5.32 Å². The molecule has 1 heterocycles. The predicted octanol–water partition coefficient (Wildman–Crippen LogP) is 3.07. The molecule has 0 unspecified atom stereocenters. The number of halogens is 1. The van der Waals surface area contributed by atoms with Gasteiger partial charge in [-0.15, -0.1) is 0 Å². The quantitative estimate of drug-likeness (QED) is 0.542. The van der Waals surface area contributed by atoms with Crippen molar-refractivity contribution in [1.82, 2.24) is 5.32 Å². The molecule has 172 valence electrons. The number of benzene rings is 3. The average molecular weight is 472 g/mol. The van der Waals surface area contributed by atoms with Crippen molar-refractivity contribution in [2.45, 2.75) is 11.4 Å². The van der Waals surface area contributed by atoms with Crippen LogP contribution in [0.4, 0.5) is 10.1 Å². The van der Waals surface area contributed by atoms with E-state index in [4.69, 9.17) is 14.2 Å². The van der Waals surface area contributed by atoms with Gasteiger partial charge in [0.2, 0.25) is 12.7 Å². The Morgan fingerprint density at radius 3 is 2.52 bits per heavy atom. The minimum Gasteiger partial charge on any atom is -0.497 e. The molecule has 0 fully saturated rings. The fraction of sp³-hybridized carbons (Fsp3) is 0.174. The van der Waals surface area contributed by atoms with E-state index in [9.17, 15) is 17.6 Å². The maximum absolute atomic E-state index is 14.5. The Bertz CT molecular complexity index is 1260. The first-order chi connectivity index (χ1) is 15.9. The number of para-hydroxylation sites is 1. The Hall–Kier alpha value is -3.79. The molecule has 0 aromatic heterocycles. The molecule has 1 amide bonds. The Morgan fingerprint density at radius 1 is 1.06 bits per heavy atom. The van der Waals surface area contributed by atoms with Crippen molar-refractivity contribution >= 4 is 21.6 Å². The Morgan fingerprint density at radius 2 is 1.79 bits per heavy atom. The van der Waals surface area contributed by atoms with Crippen LogP contribution in [-0.4, -0.2) is 34.8 Å². The van der Waals surface area contributed by atoms with Gasteiger partial charge in [-0.1, -0.05) is 18.2 Å². The Labute approximate surface area is 190 Å². The number of fused-ring (bicyclic) bond motifs is 1. The number of hydrogen-bond acceptors (Lipinski definition) is 6. The Kier molecular flexibility index (Phi) is 6.36. The summed E-state index contributed by atoms with van der Waals surface area (Å²) >= 11 is 0. The van der Waals surface area contributed by atoms with Gasteiger partial charge in [-0.3, -0.25) is 9.10 Å². The molecule has 8 nitrogen and oxygen atoms in total. The van der Waals surface area contributed by atoms with Crippen LogP contribution in [0.15, 0.2) is 71.6 Å². The molecule has 1 aliphatic rings. The Balaban J connectivity index is 1.56. The van der Waals surface area contributed by atoms with Gasteiger partial charge in [-0.05, 0) is 54.1 Å². The lowest BCUT2D eigenvalue weighted by Gasteiger charge is -2.24. The summed E-state index contributed by atoms with van der Waals surface area (Å²) in [4.78, 5) is 12.6. The number of anilines is 1. The molecule has 0 bridgehead atoms. The van der Waals surface area contributed by atoms with Crippen LogP contribution < -0.4 is 23.8 Å². The number of carbonyl (C=O) groups is 1. The summed E-state index contributed by atoms with van der Waals surface area (Å²) in [5, 5.41) is 2.67. The lowest BCUT2D eigenvalue weighted by Crippen LogP contribution is -2.41. The van der Waals surface area contributed by atoms with E-state index in [-0.39, 0.29) is 23.9 Å². The summed E-state index contributed by atoms with van der Waals surface area (Å²) in [7, 11) is -2.79. The molecule has 0 spiro atoms. The van der Waals surface area contributed by atoms with Gasteiger partial charge in [0, 0.05) is 6.54 Å². The minimum atomic E-state index is -4.25. The van der Waals surface area contributed by atoms with Crippen molar-refractivity contribution in [2.75, 3.05) is 24.8 Å². The third-order valence-electron chi connectivity index (χ3n) is 4.98. The summed E-state index contributed by atoms with van der Waals surface area (Å²) in [6, 6.07) is 16.2. The van der Waals surface area contributed by atoms with Gasteiger partial charge < -0.3 is 19.5 Å². The molecule has 1 aliphatic heterocycles. The molecule has 33 heavy (non-hydrogen) atoms. The summed E-state index contributed by atoms with van der Waals surface area (Å²) in [6.07, 6.45) is 0. The van der Waals surface area contributed by atoms with E-state index < -0.39 is 28.3 Å². The van der Waals surface area contributed by atoms with Crippen molar-refractivity contribution in [2.24, 2.45) is 0 Å². The van der Waals surface area contributed by atoms with Crippen LogP contribution in [0.25, 0.3) is 0 Å². The topological polar surface area (TPSA) is 94.2 Å². The molecular weight excluding hydrogens is 451 g/mol. The van der Waals surface area contributed by atoms with Gasteiger partial charge in [0.1, 0.15) is 18.1 Å². The van der Waals surface area contributed by atoms with Crippen molar-refractivity contribution in [1.29, 1.82) is 0 Å². The van der Waals surface area contributed by atoms with Gasteiger partial charge in [-0.25, -0.2) is 12.8 Å². The second kappa shape index (κ2) is 9.37. The van der Waals surface area contributed by atoms with Crippen LogP contribution in [0.1, 0.15) is 5.56 Å². The zero-order chi connectivity index (χ0) is 23.4. The van der Waals surface area contributed by atoms with Crippen molar-refractivity contribution < 1.29 is 31.8 Å². The van der Waals surface area contributed by atoms with E-state index in [1.165, 1.54) is 49.6 Å². The van der Waals surface area contributed by atoms with Crippen molar-refractivity contribution in [3.8, 4) is 17.2 Å². The van der Waals surface area contributed by atoms with E-state index in [1.54, 1.807) is 18.2 Å². The highest BCUT2D eigenvalue weighted by Crippen LogP contribution is 2.32. The van der Waals surface area contributed by atoms with Gasteiger partial charge in [-0.2, -0.15) is 0 Å². The molecule has 10 heteroatoms. The third-order valence-corrected chi connectivity index (χ3v) is 6.76. The molecule has 0 radical (unpaired) electrons. The van der Waals surface area contributed by atoms with Crippen LogP contribution >= 0.6 is 0 Å². The number of nitrogens with one attached hydrogen (secondary N) is 1. The van der Waals surface area contributed by atoms with Crippen molar-refractivity contribution in [3.63, 3.8) is 0 Å². The number of sulfonamides is 1. The van der Waals surface area contributed by atoms with Gasteiger partial charge in [0.05, 0.1) is 17.7 Å². The number of amides is 1. The average Bonchev–Trinajstić information content (AvgIpc) is 3.30. The molecule has 1 N–H and O–H groups in total. The maximum atomic E-state index is 14.5. The predicted molar refractivity (Wildman–Crippen MR) is 118 cm³/mol. The fourth-order valence-electron chi connectivity index (χ4n) is 3.27. The highest BCUT2D eigenvalue weighted by molar-refractivity contribution is 7.92. The zero-order valence-electron chi connectivity index (χ0n) is 17.7. The van der Waals surface area contributed by atoms with Gasteiger partial charge in [0.25, 0.3) is 10.0 Å². The molecule has 0 saturated heterocycles. The first kappa shape index (κ1) is 22.4. The SMILES string of the molecule is COc1ccc(S(=O)(=O)N(CC(=O)NCc2ccc3c(c2)OCO3)c2ccccc2F)cc1. The molecular formula is C23H21FN2O6S. The summed E-state index contributed by atoms with van der Waals surface area (Å²) in [5.74, 6) is 0.275. The largest absolute Gasteiger partial charge is 0.497 e. The monoisotopic (exact) mass is 472 g/mol. The lowest BCUT2D eigenvalue weighted by molar-refractivity contribution is -0.119. The van der Waals surface area contributed by atoms with Gasteiger partial charge in [0.15, 0.2) is 11.5 Å². The first-order valence-corrected chi connectivity index (χ1v) is 11.4. The molecule has 3 aromatic rings. The molecule has 0 aliphatic carbocycles. The maximum Gasteiger partial charge on any atom is 0.264 e. The van der Waals surface area contributed by atoms with E-state index in [0.29, 0.717) is 17.2 Å². The standard InChI is InChI=1S/C23H21FN2O6S/c1-30-17-7-9-18(10-8-17)33(28,29)26(20-5-3-2-4-19(20)24)14-23(27)25-13-16-6-11-21-22(12-16)32-15-31-21/h2-12H,13-15H2,1H3,(H,25,27). The number of carbonyl (C=O) groups excluding carboxylic acids is 1. The van der Waals surface area contributed by atoms with Crippen LogP contribution in [-0.2, 0) is 21.4 Å². The highest BCUT2D eigenvalue weighted by Gasteiger charge is 2.29. The van der Waals surface area contributed by atoms with Crippen LogP contribution in [0, 0.1) is 5.82 Å². The van der Waals surface area contributed by atoms with E-state index in [1.807, 2.05) is 0 Å². The highest BCUT2D eigenvalue weighted by atomic mass is 32.2. The van der Waals surface area contributed by atoms with E-state index >= 15 is 0 Å². The molecule has 0 atom stereocenters. The normalized spacial score (nSPS) is 12.3. The van der Waals surface area contributed by atoms with Crippen LogP contribution in [0.2, 0.25) is 0 Å². The number of hydrogen-bond donors (Lipinski definition) is 1. The zero-order valence-corrected chi connectivity index (χ0v) is 18.5. The van der Waals surface area contributed by atoms with Crippen LogP contribution in [0.3, 0.4) is 0 Å². The molecule has 3 aromatic carbocycles. The second-order valence-corrected chi connectivity index (χ2v) is 8.97. The number of nitrogens with zero attached hydrogens (tertiary/aromatic N) is 1. The fourth-order valence-corrected chi connectivity index (χ4v) is 4.70. The number of rotatable bonds is 8.